The van der Waals surface area contributed by atoms with Gasteiger partial charge in [0.15, 0.2) is 5.16 Å². The van der Waals surface area contributed by atoms with Gasteiger partial charge in [-0.15, -0.1) is 0 Å². The minimum absolute atomic E-state index is 0.00573. The Morgan fingerprint density at radius 2 is 1.52 bits per heavy atom. The summed E-state index contributed by atoms with van der Waals surface area (Å²) in [4.78, 5) is 43.0. The molecule has 1 aliphatic heterocycles. The van der Waals surface area contributed by atoms with Crippen LogP contribution < -0.4 is 0 Å². The second kappa shape index (κ2) is 14.2. The van der Waals surface area contributed by atoms with Crippen molar-refractivity contribution in [3.8, 4) is 0 Å². The molecule has 12 heteroatoms. The number of amides is 2. The first kappa shape index (κ1) is 36.3. The van der Waals surface area contributed by atoms with E-state index >= 15 is 0 Å². The summed E-state index contributed by atoms with van der Waals surface area (Å²) in [5.74, 6) is -0.544. The van der Waals surface area contributed by atoms with Crippen LogP contribution in [0.3, 0.4) is 0 Å². The summed E-state index contributed by atoms with van der Waals surface area (Å²) in [7, 11) is -3.49. The Morgan fingerprint density at radius 3 is 2.00 bits per heavy atom. The Balaban J connectivity index is 2.34. The second-order valence-electron chi connectivity index (χ2n) is 13.8. The Labute approximate surface area is 255 Å². The molecule has 0 spiro atoms. The number of hydrogen-bond acceptors (Lipinski definition) is 10. The molecule has 1 aromatic rings. The van der Waals surface area contributed by atoms with Crippen molar-refractivity contribution >= 4 is 36.9 Å². The van der Waals surface area contributed by atoms with Gasteiger partial charge in [-0.25, -0.2) is 14.5 Å². The van der Waals surface area contributed by atoms with E-state index in [0.717, 1.165) is 10.5 Å². The van der Waals surface area contributed by atoms with Crippen molar-refractivity contribution in [1.82, 2.24) is 9.80 Å². The molecule has 0 aromatic carbocycles. The first-order chi connectivity index (χ1) is 19.2. The fourth-order valence-corrected chi connectivity index (χ4v) is 8.39. The molecule has 10 nitrogen and oxygen atoms in total. The molecule has 0 bridgehead atoms. The van der Waals surface area contributed by atoms with Gasteiger partial charge in [0.2, 0.25) is 7.37 Å². The van der Waals surface area contributed by atoms with Crippen LogP contribution in [0.25, 0.3) is 0 Å². The van der Waals surface area contributed by atoms with E-state index in [1.165, 1.54) is 0 Å². The minimum Gasteiger partial charge on any atom is -0.459 e. The molecular weight excluding hydrogens is 579 g/mol. The number of rotatable bonds is 10. The molecule has 0 radical (unpaired) electrons. The highest BCUT2D eigenvalue weighted by atomic mass is 32.1. The van der Waals surface area contributed by atoms with E-state index in [4.69, 9.17) is 18.7 Å². The predicted molar refractivity (Wildman–Crippen MR) is 165 cm³/mol. The van der Waals surface area contributed by atoms with Gasteiger partial charge in [0, 0.05) is 32.3 Å². The van der Waals surface area contributed by atoms with Crippen molar-refractivity contribution < 1.29 is 37.7 Å². The van der Waals surface area contributed by atoms with Gasteiger partial charge >= 0.3 is 18.2 Å². The van der Waals surface area contributed by atoms with Crippen LogP contribution >= 0.6 is 18.7 Å². The highest BCUT2D eigenvalue weighted by Crippen LogP contribution is 2.64. The summed E-state index contributed by atoms with van der Waals surface area (Å²) in [6, 6.07) is 2.04. The summed E-state index contributed by atoms with van der Waals surface area (Å²) in [5.41, 5.74) is -1.29. The lowest BCUT2D eigenvalue weighted by atomic mass is 9.98. The summed E-state index contributed by atoms with van der Waals surface area (Å²) in [5, 5.41) is 2.67. The van der Waals surface area contributed by atoms with Crippen LogP contribution in [0.1, 0.15) is 94.1 Å². The van der Waals surface area contributed by atoms with Crippen LogP contribution in [0.5, 0.6) is 0 Å². The molecule has 0 N–H and O–H groups in total. The molecule has 2 amide bonds. The average molecular weight is 631 g/mol. The lowest BCUT2D eigenvalue weighted by Gasteiger charge is -2.46. The molecular formula is C30H51N2O8PS. The van der Waals surface area contributed by atoms with Crippen molar-refractivity contribution in [3.05, 3.63) is 22.4 Å². The van der Waals surface area contributed by atoms with Crippen molar-refractivity contribution in [1.29, 1.82) is 0 Å². The molecule has 42 heavy (non-hydrogen) atoms. The van der Waals surface area contributed by atoms with Crippen LogP contribution in [0.15, 0.2) is 16.8 Å². The van der Waals surface area contributed by atoms with Gasteiger partial charge in [-0.3, -0.25) is 14.3 Å². The predicted octanol–water partition coefficient (Wildman–Crippen LogP) is 7.30. The molecule has 2 rings (SSSR count). The van der Waals surface area contributed by atoms with Gasteiger partial charge < -0.3 is 18.7 Å². The van der Waals surface area contributed by atoms with Gasteiger partial charge in [0.1, 0.15) is 16.8 Å². The zero-order valence-electron chi connectivity index (χ0n) is 27.1. The third-order valence-electron chi connectivity index (χ3n) is 6.40. The van der Waals surface area contributed by atoms with E-state index in [2.05, 4.69) is 10.3 Å². The van der Waals surface area contributed by atoms with Gasteiger partial charge in [-0.1, -0.05) is 0 Å². The third kappa shape index (κ3) is 10.6. The fraction of sp³-hybridized carbons (Fsp3) is 0.767. The quantitative estimate of drug-likeness (QED) is 0.114. The number of carbonyl (C=O) groups is 3. The van der Waals surface area contributed by atoms with Crippen LogP contribution in [0.2, 0.25) is 0 Å². The van der Waals surface area contributed by atoms with Crippen LogP contribution in [0.4, 0.5) is 9.59 Å². The van der Waals surface area contributed by atoms with E-state index in [1.54, 1.807) is 80.6 Å². The molecule has 0 aliphatic carbocycles. The van der Waals surface area contributed by atoms with Gasteiger partial charge in [0.05, 0.1) is 6.61 Å². The first-order valence-corrected chi connectivity index (χ1v) is 17.4. The topological polar surface area (TPSA) is 112 Å². The number of esters is 1. The number of imide groups is 1. The zero-order chi connectivity index (χ0) is 32.0. The third-order valence-corrected chi connectivity index (χ3v) is 10.4. The zero-order valence-corrected chi connectivity index (χ0v) is 28.8. The summed E-state index contributed by atoms with van der Waals surface area (Å²) < 4.78 is 37.3. The maximum atomic E-state index is 14.5. The van der Waals surface area contributed by atoms with Gasteiger partial charge in [-0.2, -0.15) is 11.3 Å². The fourth-order valence-electron chi connectivity index (χ4n) is 4.72. The molecule has 1 fully saturated rings. The standard InChI is InChI=1S/C30H51N2O8PS/c1-11-37-41(36)18-17-31(20-23-14-19-42-21-23)22-30(41,24(33)38-27(2,3)4)15-12-13-16-32(25(34)39-28(5,6)7)26(35)40-29(8,9)10/h14,19,21H,11-13,15-18,20,22H2,1-10H3. The van der Waals surface area contributed by atoms with E-state index in [-0.39, 0.29) is 32.3 Å². The lowest BCUT2D eigenvalue weighted by Crippen LogP contribution is -2.56. The Morgan fingerprint density at radius 1 is 0.952 bits per heavy atom. The van der Waals surface area contributed by atoms with Crippen molar-refractivity contribution in [3.63, 3.8) is 0 Å². The summed E-state index contributed by atoms with van der Waals surface area (Å²) in [6.07, 6.45) is -0.469. The van der Waals surface area contributed by atoms with E-state index < -0.39 is 47.5 Å². The first-order valence-electron chi connectivity index (χ1n) is 14.6. The molecule has 2 atom stereocenters. The number of hydrogen-bond donors (Lipinski definition) is 0. The normalized spacial score (nSPS) is 22.0. The Hall–Kier alpha value is -1.94. The highest BCUT2D eigenvalue weighted by molar-refractivity contribution is 7.62. The van der Waals surface area contributed by atoms with Crippen LogP contribution in [0, 0.1) is 0 Å². The van der Waals surface area contributed by atoms with E-state index in [9.17, 15) is 18.9 Å². The Bertz CT molecular complexity index is 1080. The van der Waals surface area contributed by atoms with E-state index in [0.29, 0.717) is 25.9 Å². The molecule has 240 valence electrons. The number of nitrogens with zero attached hydrogens (tertiary/aromatic N) is 2. The van der Waals surface area contributed by atoms with Gasteiger partial charge in [-0.05, 0) is 111 Å². The molecule has 2 unspecified atom stereocenters. The summed E-state index contributed by atoms with van der Waals surface area (Å²) in [6.45, 7) is 19.0. The number of carbonyl (C=O) groups excluding carboxylic acids is 3. The molecule has 1 saturated heterocycles. The molecule has 0 saturated carbocycles. The second-order valence-corrected chi connectivity index (χ2v) is 17.4. The minimum atomic E-state index is -3.49. The summed E-state index contributed by atoms with van der Waals surface area (Å²) >= 11 is 1.60. The maximum Gasteiger partial charge on any atom is 0.419 e. The molecule has 1 aromatic heterocycles. The van der Waals surface area contributed by atoms with Crippen molar-refractivity contribution in [2.45, 2.75) is 117 Å². The molecule has 2 heterocycles. The monoisotopic (exact) mass is 630 g/mol. The van der Waals surface area contributed by atoms with Crippen molar-refractivity contribution in [2.75, 3.05) is 32.4 Å². The average Bonchev–Trinajstić information content (AvgIpc) is 3.30. The SMILES string of the molecule is CCOP1(=O)CCN(Cc2ccsc2)CC1(CCCCN(C(=O)OC(C)(C)C)C(=O)OC(C)(C)C)C(=O)OC(C)(C)C. The van der Waals surface area contributed by atoms with Crippen LogP contribution in [-0.2, 0) is 34.6 Å². The molecule has 1 aliphatic rings. The largest absolute Gasteiger partial charge is 0.459 e. The van der Waals surface area contributed by atoms with Crippen LogP contribution in [-0.4, -0.2) is 82.3 Å². The highest BCUT2D eigenvalue weighted by Gasteiger charge is 2.59. The maximum absolute atomic E-state index is 14.5. The van der Waals surface area contributed by atoms with Gasteiger partial charge in [0.25, 0.3) is 0 Å². The lowest BCUT2D eigenvalue weighted by molar-refractivity contribution is -0.160. The number of thiophene rings is 1. The van der Waals surface area contributed by atoms with E-state index in [1.807, 2.05) is 11.4 Å². The Kier molecular flexibility index (Phi) is 12.3. The van der Waals surface area contributed by atoms with Crippen molar-refractivity contribution in [2.24, 2.45) is 0 Å². The number of unbranched alkanes of at least 4 members (excludes halogenated alkanes) is 1. The number of ether oxygens (including phenoxy) is 3. The smallest absolute Gasteiger partial charge is 0.419 e.